The van der Waals surface area contributed by atoms with Crippen LogP contribution in [-0.2, 0) is 24.6 Å². The van der Waals surface area contributed by atoms with Crippen LogP contribution < -0.4 is 5.32 Å². The van der Waals surface area contributed by atoms with E-state index in [4.69, 9.17) is 9.79 Å². The van der Waals surface area contributed by atoms with Gasteiger partial charge >= 0.3 is 13.3 Å². The summed E-state index contributed by atoms with van der Waals surface area (Å²) < 4.78 is 40.5. The standard InChI is InChI=1S/C33H37F2N4O7PS/c1-20(40)37-15-13-25-10-11-27(32(43)38-14-5-8-22(18-38)21-6-3-2-4-7-21)39(25)31(42)26(19-37)36-30(41)29-17-23-16-24(9-12-28(23)48-29)33(34,35)47(44,45)46/h2-4,6-7,9,12,16-17,22,25-27H,5,8,10-11,13-15,18-19H2,1H3,(H,36,41)(H2,44,45,46)/t22-,25+,26-,27-/m0/s1. The number of benzene rings is 2. The second-order valence-corrected chi connectivity index (χ2v) is 15.5. The summed E-state index contributed by atoms with van der Waals surface area (Å²) in [4.78, 5) is 77.7. The summed E-state index contributed by atoms with van der Waals surface area (Å²) >= 11 is 0.963. The number of amides is 4. The van der Waals surface area contributed by atoms with Crippen LogP contribution in [0.15, 0.2) is 54.6 Å². The summed E-state index contributed by atoms with van der Waals surface area (Å²) in [7, 11) is -5.79. The van der Waals surface area contributed by atoms with E-state index in [9.17, 15) is 32.5 Å². The maximum Gasteiger partial charge on any atom is 0.399 e. The summed E-state index contributed by atoms with van der Waals surface area (Å²) in [6.45, 7) is 2.78. The van der Waals surface area contributed by atoms with Gasteiger partial charge in [-0.2, -0.15) is 8.78 Å². The lowest BCUT2D eigenvalue weighted by Gasteiger charge is -2.40. The molecule has 4 amide bonds. The van der Waals surface area contributed by atoms with Crippen LogP contribution in [0.1, 0.15) is 65.7 Å². The summed E-state index contributed by atoms with van der Waals surface area (Å²) in [5.41, 5.74) is -4.13. The second kappa shape index (κ2) is 13.3. The van der Waals surface area contributed by atoms with Gasteiger partial charge in [-0.05, 0) is 61.3 Å². The van der Waals surface area contributed by atoms with Crippen molar-refractivity contribution in [1.82, 2.24) is 20.0 Å². The number of hydrogen-bond donors (Lipinski definition) is 3. The Balaban J connectivity index is 1.23. The van der Waals surface area contributed by atoms with Gasteiger partial charge in [-0.3, -0.25) is 23.7 Å². The molecule has 48 heavy (non-hydrogen) atoms. The molecule has 3 N–H and O–H groups in total. The normalized spacial score (nSPS) is 23.9. The van der Waals surface area contributed by atoms with Crippen LogP contribution in [0.25, 0.3) is 10.1 Å². The minimum absolute atomic E-state index is 0.0803. The van der Waals surface area contributed by atoms with Crippen LogP contribution in [0.4, 0.5) is 8.78 Å². The number of nitrogens with zero attached hydrogens (tertiary/aromatic N) is 3. The highest BCUT2D eigenvalue weighted by Gasteiger charge is 2.50. The molecule has 0 saturated carbocycles. The third-order valence-electron chi connectivity index (χ3n) is 9.68. The van der Waals surface area contributed by atoms with Crippen molar-refractivity contribution in [1.29, 1.82) is 0 Å². The SMILES string of the molecule is CC(=O)N1CC[C@H]2CC[C@@H](C(=O)N3CCC[C@H](c4ccccc4)C3)N2C(=O)[C@@H](NC(=O)c2cc3cc(C(F)(F)P(=O)(O)O)ccc3s2)C1. The van der Waals surface area contributed by atoms with E-state index < -0.39 is 42.7 Å². The summed E-state index contributed by atoms with van der Waals surface area (Å²) in [5, 5.41) is 2.91. The average Bonchev–Trinajstić information content (AvgIpc) is 3.68. The van der Waals surface area contributed by atoms with E-state index in [-0.39, 0.29) is 40.6 Å². The van der Waals surface area contributed by atoms with Gasteiger partial charge in [0.1, 0.15) is 12.1 Å². The number of fused-ring (bicyclic) bond motifs is 2. The molecule has 0 spiro atoms. The lowest BCUT2D eigenvalue weighted by molar-refractivity contribution is -0.149. The van der Waals surface area contributed by atoms with Crippen LogP contribution in [0, 0.1) is 0 Å². The first-order valence-electron chi connectivity index (χ1n) is 15.9. The third kappa shape index (κ3) is 6.63. The van der Waals surface area contributed by atoms with Gasteiger partial charge in [0, 0.05) is 55.3 Å². The first kappa shape index (κ1) is 34.2. The first-order chi connectivity index (χ1) is 22.7. The zero-order valence-electron chi connectivity index (χ0n) is 26.3. The smallest absolute Gasteiger partial charge is 0.340 e. The molecule has 0 aliphatic carbocycles. The Bertz CT molecular complexity index is 1780. The van der Waals surface area contributed by atoms with Crippen molar-refractivity contribution in [2.24, 2.45) is 0 Å². The molecular weight excluding hydrogens is 665 g/mol. The van der Waals surface area contributed by atoms with Gasteiger partial charge < -0.3 is 29.8 Å². The van der Waals surface area contributed by atoms with Crippen molar-refractivity contribution in [2.45, 2.75) is 68.7 Å². The lowest BCUT2D eigenvalue weighted by atomic mass is 9.90. The maximum atomic E-state index is 14.4. The molecule has 256 valence electrons. The van der Waals surface area contributed by atoms with Gasteiger partial charge in [0.25, 0.3) is 5.91 Å². The molecule has 0 unspecified atom stereocenters. The fourth-order valence-corrected chi connectivity index (χ4v) is 8.56. The molecule has 4 atom stereocenters. The molecule has 11 nitrogen and oxygen atoms in total. The first-order valence-corrected chi connectivity index (χ1v) is 18.4. The molecule has 2 aromatic carbocycles. The number of carbonyl (C=O) groups excluding carboxylic acids is 4. The summed E-state index contributed by atoms with van der Waals surface area (Å²) in [6, 6.07) is 12.3. The third-order valence-corrected chi connectivity index (χ3v) is 11.8. The fraction of sp³-hybridized carbons (Fsp3) is 0.455. The number of nitrogens with one attached hydrogen (secondary N) is 1. The second-order valence-electron chi connectivity index (χ2n) is 12.8. The summed E-state index contributed by atoms with van der Waals surface area (Å²) in [6.07, 6.45) is 3.36. The van der Waals surface area contributed by atoms with Crippen LogP contribution >= 0.6 is 18.9 Å². The molecule has 3 aliphatic heterocycles. The van der Waals surface area contributed by atoms with Crippen molar-refractivity contribution in [3.05, 3.63) is 70.6 Å². The van der Waals surface area contributed by atoms with Crippen LogP contribution in [-0.4, -0.2) is 92.4 Å². The zero-order valence-corrected chi connectivity index (χ0v) is 28.0. The topological polar surface area (TPSA) is 148 Å². The van der Waals surface area contributed by atoms with E-state index in [0.29, 0.717) is 43.6 Å². The molecule has 3 saturated heterocycles. The van der Waals surface area contributed by atoms with E-state index in [1.165, 1.54) is 29.5 Å². The van der Waals surface area contributed by atoms with Gasteiger partial charge in [0.15, 0.2) is 0 Å². The molecule has 15 heteroatoms. The van der Waals surface area contributed by atoms with Gasteiger partial charge in [0.05, 0.1) is 4.88 Å². The molecule has 4 heterocycles. The van der Waals surface area contributed by atoms with Crippen LogP contribution in [0.3, 0.4) is 0 Å². The Morgan fingerprint density at radius 1 is 0.958 bits per heavy atom. The Morgan fingerprint density at radius 3 is 2.42 bits per heavy atom. The zero-order chi connectivity index (χ0) is 34.4. The molecule has 0 bridgehead atoms. The molecule has 3 aliphatic rings. The van der Waals surface area contributed by atoms with E-state index in [0.717, 1.165) is 36.3 Å². The molecular formula is C33H37F2N4O7PS. The molecule has 6 rings (SSSR count). The Labute approximate surface area is 280 Å². The fourth-order valence-electron chi connectivity index (χ4n) is 7.14. The number of likely N-dealkylation sites (tertiary alicyclic amines) is 1. The minimum atomic E-state index is -5.79. The predicted molar refractivity (Wildman–Crippen MR) is 175 cm³/mol. The van der Waals surface area contributed by atoms with Crippen molar-refractivity contribution in [3.63, 3.8) is 0 Å². The number of rotatable bonds is 6. The molecule has 3 aromatic rings. The number of thiophene rings is 1. The Morgan fingerprint density at radius 2 is 1.71 bits per heavy atom. The maximum absolute atomic E-state index is 14.4. The Hall–Kier alpha value is -3.71. The highest BCUT2D eigenvalue weighted by molar-refractivity contribution is 7.52. The van der Waals surface area contributed by atoms with Crippen LogP contribution in [0.2, 0.25) is 0 Å². The molecule has 0 radical (unpaired) electrons. The number of halogens is 2. The van der Waals surface area contributed by atoms with E-state index >= 15 is 0 Å². The number of piperidine rings is 1. The highest BCUT2D eigenvalue weighted by Crippen LogP contribution is 2.59. The van der Waals surface area contributed by atoms with Crippen molar-refractivity contribution in [3.8, 4) is 0 Å². The molecule has 1 aromatic heterocycles. The van der Waals surface area contributed by atoms with Gasteiger partial charge in [-0.25, -0.2) is 0 Å². The van der Waals surface area contributed by atoms with Gasteiger partial charge in [-0.15, -0.1) is 11.3 Å². The number of carbonyl (C=O) groups is 4. The minimum Gasteiger partial charge on any atom is -0.340 e. The Kier molecular flexibility index (Phi) is 9.47. The van der Waals surface area contributed by atoms with E-state index in [2.05, 4.69) is 17.4 Å². The van der Waals surface area contributed by atoms with E-state index in [1.807, 2.05) is 23.1 Å². The van der Waals surface area contributed by atoms with Crippen molar-refractivity contribution < 1.29 is 42.3 Å². The number of alkyl halides is 2. The van der Waals surface area contributed by atoms with Gasteiger partial charge in [0.2, 0.25) is 17.7 Å². The predicted octanol–water partition coefficient (Wildman–Crippen LogP) is 4.24. The number of hydrogen-bond acceptors (Lipinski definition) is 6. The quantitative estimate of drug-likeness (QED) is 0.326. The monoisotopic (exact) mass is 702 g/mol. The highest BCUT2D eigenvalue weighted by atomic mass is 32.1. The van der Waals surface area contributed by atoms with Crippen molar-refractivity contribution >= 4 is 52.6 Å². The van der Waals surface area contributed by atoms with Crippen molar-refractivity contribution in [2.75, 3.05) is 26.2 Å². The lowest BCUT2D eigenvalue weighted by Crippen LogP contribution is -2.61. The van der Waals surface area contributed by atoms with Crippen LogP contribution in [0.5, 0.6) is 0 Å². The largest absolute Gasteiger partial charge is 0.399 e. The molecule has 3 fully saturated rings. The van der Waals surface area contributed by atoms with E-state index in [1.54, 1.807) is 4.90 Å². The van der Waals surface area contributed by atoms with Gasteiger partial charge in [-0.1, -0.05) is 36.4 Å². The average molecular weight is 703 g/mol. The summed E-state index contributed by atoms with van der Waals surface area (Å²) in [5.74, 6) is -1.32.